The van der Waals surface area contributed by atoms with Gasteiger partial charge in [0.2, 0.25) is 0 Å². The molecule has 24 aromatic rings. The SMILES string of the molecule is C.CCc1ccc(-c2cccc(-c3cccc(-n4c5ccccc5c5ccccc54)c3)c2)cc1.c1ccc(-c2ccc(N(c3ccc(-c4cccc(-c5cccc(-n6c7ccccc7c7ccccc76)c5)c4)cc3)c3ccc(-c4cccc5oc6ccccc6c45)cc3)cc2)cc1.c1ccc(-c2ccc(Nc3ccc(-c4cccc5oc6ccccc6c45)cc3)cc2)cc1. The molecule has 4 aromatic heterocycles. The van der Waals surface area contributed by atoms with Crippen LogP contribution in [0.4, 0.5) is 28.4 Å². The van der Waals surface area contributed by atoms with Crippen molar-refractivity contribution in [3.8, 4) is 100 Å². The van der Waals surface area contributed by atoms with Gasteiger partial charge in [-0.25, -0.2) is 0 Å². The second kappa shape index (κ2) is 35.1. The van der Waals surface area contributed by atoms with Crippen LogP contribution in [-0.4, -0.2) is 9.13 Å². The molecular weight excluding hydrogens is 1570 g/mol. The first-order valence-corrected chi connectivity index (χ1v) is 43.9. The summed E-state index contributed by atoms with van der Waals surface area (Å²) in [6.45, 7) is 2.19. The molecule has 4 heterocycles. The summed E-state index contributed by atoms with van der Waals surface area (Å²) in [6.07, 6.45) is 1.07. The van der Waals surface area contributed by atoms with E-state index in [1.807, 2.05) is 36.4 Å². The Labute approximate surface area is 751 Å². The number of aromatic nitrogens is 2. The summed E-state index contributed by atoms with van der Waals surface area (Å²) in [7, 11) is 0. The first-order chi connectivity index (χ1) is 63.4. The van der Waals surface area contributed by atoms with Gasteiger partial charge in [-0.2, -0.15) is 0 Å². The van der Waals surface area contributed by atoms with E-state index >= 15 is 0 Å². The summed E-state index contributed by atoms with van der Waals surface area (Å²) in [5.41, 5.74) is 36.8. The summed E-state index contributed by atoms with van der Waals surface area (Å²) < 4.78 is 17.0. The average molecular weight is 1660 g/mol. The summed E-state index contributed by atoms with van der Waals surface area (Å²) in [5.74, 6) is 0. The molecule has 24 rings (SSSR count). The molecule has 0 atom stereocenters. The highest BCUT2D eigenvalue weighted by atomic mass is 16.3. The molecule has 0 spiro atoms. The molecule has 6 nitrogen and oxygen atoms in total. The molecule has 0 fully saturated rings. The van der Waals surface area contributed by atoms with E-state index in [4.69, 9.17) is 8.83 Å². The van der Waals surface area contributed by atoms with Crippen molar-refractivity contribution in [1.29, 1.82) is 0 Å². The molecule has 0 amide bonds. The van der Waals surface area contributed by atoms with E-state index in [1.165, 1.54) is 133 Å². The zero-order valence-electron chi connectivity index (χ0n) is 70.6. The first kappa shape index (κ1) is 79.4. The number of hydrogen-bond donors (Lipinski definition) is 1. The molecule has 0 radical (unpaired) electrons. The number of rotatable bonds is 16. The number of anilines is 5. The van der Waals surface area contributed by atoms with E-state index < -0.39 is 0 Å². The van der Waals surface area contributed by atoms with Crippen molar-refractivity contribution in [1.82, 2.24) is 9.13 Å². The molecule has 0 aliphatic heterocycles. The Kier molecular flexibility index (Phi) is 21.6. The summed E-state index contributed by atoms with van der Waals surface area (Å²) in [6, 6.07) is 173. The fourth-order valence-electron chi connectivity index (χ4n) is 18.5. The Morgan fingerprint density at radius 1 is 0.217 bits per heavy atom. The molecule has 0 saturated heterocycles. The fraction of sp³-hybridized carbons (Fsp3) is 0.0244. The van der Waals surface area contributed by atoms with E-state index in [0.717, 1.165) is 95.7 Å². The van der Waals surface area contributed by atoms with Gasteiger partial charge in [0.15, 0.2) is 0 Å². The van der Waals surface area contributed by atoms with Crippen molar-refractivity contribution >= 4 is 116 Å². The monoisotopic (exact) mass is 1650 g/mol. The van der Waals surface area contributed by atoms with Crippen LogP contribution in [0.2, 0.25) is 0 Å². The van der Waals surface area contributed by atoms with Crippen molar-refractivity contribution in [2.75, 3.05) is 10.2 Å². The van der Waals surface area contributed by atoms with E-state index in [1.54, 1.807) is 0 Å². The standard InChI is InChI=1S/C60H40N2O.C32H25N.C30H21NO.CH4/c1-2-13-41(14-3-1)42-27-33-48(34-28-42)61(50-37-31-44(32-38-50)52-22-12-26-59-60(52)55-21-6-9-25-58(55)63-59)49-35-29-43(30-36-49)45-15-10-16-46(39-45)47-17-11-18-51(40-47)62-56-23-7-4-19-53(56)54-20-5-8-24-57(54)62;1-2-23-17-19-24(20-18-23)25-9-7-10-26(21-25)27-11-8-12-28(22-27)33-31-15-5-3-13-29(31)30-14-4-6-16-32(30)33;1-2-7-21(8-3-1)22-13-17-24(18-14-22)31-25-19-15-23(16-20-25)26-10-6-12-29-30(26)27-9-4-5-11-28(27)32-29;/h1-40H;3-22H,2H2,1H3;1-20,31H;1H4. The number of nitrogens with one attached hydrogen (secondary N) is 1. The van der Waals surface area contributed by atoms with Crippen LogP contribution >= 0.6 is 0 Å². The lowest BCUT2D eigenvalue weighted by Gasteiger charge is -2.26. The Balaban J connectivity index is 0.000000129. The Bertz CT molecular complexity index is 8040. The van der Waals surface area contributed by atoms with Gasteiger partial charge in [0.1, 0.15) is 22.3 Å². The van der Waals surface area contributed by atoms with Crippen LogP contribution in [0.15, 0.2) is 494 Å². The number of fused-ring (bicyclic) bond motifs is 12. The third kappa shape index (κ3) is 15.6. The quantitative estimate of drug-likeness (QED) is 0.105. The number of furan rings is 2. The van der Waals surface area contributed by atoms with Crippen LogP contribution in [0.1, 0.15) is 19.9 Å². The molecule has 0 saturated carbocycles. The zero-order valence-corrected chi connectivity index (χ0v) is 70.6. The first-order valence-electron chi connectivity index (χ1n) is 43.9. The van der Waals surface area contributed by atoms with E-state index in [-0.39, 0.29) is 7.43 Å². The second-order valence-electron chi connectivity index (χ2n) is 32.6. The Morgan fingerprint density at radius 3 is 0.860 bits per heavy atom. The maximum absolute atomic E-state index is 6.24. The van der Waals surface area contributed by atoms with Crippen LogP contribution < -0.4 is 10.2 Å². The molecule has 129 heavy (non-hydrogen) atoms. The molecule has 614 valence electrons. The van der Waals surface area contributed by atoms with Crippen molar-refractivity contribution < 1.29 is 8.83 Å². The highest BCUT2D eigenvalue weighted by Gasteiger charge is 2.21. The van der Waals surface area contributed by atoms with Crippen LogP contribution in [0.25, 0.3) is 188 Å². The lowest BCUT2D eigenvalue weighted by molar-refractivity contribution is 0.668. The van der Waals surface area contributed by atoms with Crippen LogP contribution in [0.3, 0.4) is 0 Å². The number of nitrogens with zero attached hydrogens (tertiary/aromatic N) is 3. The van der Waals surface area contributed by atoms with Gasteiger partial charge >= 0.3 is 0 Å². The highest BCUT2D eigenvalue weighted by molar-refractivity contribution is 6.15. The number of hydrogen-bond acceptors (Lipinski definition) is 4. The van der Waals surface area contributed by atoms with Gasteiger partial charge in [-0.15, -0.1) is 0 Å². The van der Waals surface area contributed by atoms with Crippen molar-refractivity contribution in [3.05, 3.63) is 491 Å². The van der Waals surface area contributed by atoms with Gasteiger partial charge in [0.05, 0.1) is 22.1 Å². The van der Waals surface area contributed by atoms with Gasteiger partial charge in [-0.1, -0.05) is 354 Å². The molecule has 0 unspecified atom stereocenters. The predicted octanol–water partition coefficient (Wildman–Crippen LogP) is 34.8. The minimum absolute atomic E-state index is 0. The Morgan fingerprint density at radius 2 is 0.481 bits per heavy atom. The topological polar surface area (TPSA) is 51.4 Å². The van der Waals surface area contributed by atoms with Crippen molar-refractivity contribution in [3.63, 3.8) is 0 Å². The second-order valence-corrected chi connectivity index (χ2v) is 32.6. The summed E-state index contributed by atoms with van der Waals surface area (Å²) in [4.78, 5) is 2.34. The average Bonchev–Trinajstić information content (AvgIpc) is 1.65. The zero-order chi connectivity index (χ0) is 85.2. The number of benzene rings is 20. The third-order valence-corrected chi connectivity index (χ3v) is 24.9. The van der Waals surface area contributed by atoms with Crippen molar-refractivity contribution in [2.45, 2.75) is 20.8 Å². The third-order valence-electron chi connectivity index (χ3n) is 24.9. The minimum Gasteiger partial charge on any atom is -0.456 e. The van der Waals surface area contributed by atoms with Gasteiger partial charge in [-0.3, -0.25) is 0 Å². The smallest absolute Gasteiger partial charge is 0.136 e. The molecular formula is C123H90N4O2. The fourth-order valence-corrected chi connectivity index (χ4v) is 18.5. The lowest BCUT2D eigenvalue weighted by atomic mass is 9.98. The highest BCUT2D eigenvalue weighted by Crippen LogP contribution is 2.44. The molecule has 0 bridgehead atoms. The van der Waals surface area contributed by atoms with Crippen molar-refractivity contribution in [2.24, 2.45) is 0 Å². The molecule has 6 heteroatoms. The normalized spacial score (nSPS) is 11.3. The van der Waals surface area contributed by atoms with Gasteiger partial charge in [-0.05, 0) is 247 Å². The lowest BCUT2D eigenvalue weighted by Crippen LogP contribution is -2.09. The number of aryl methyl sites for hydroxylation is 1. The van der Waals surface area contributed by atoms with E-state index in [0.29, 0.717) is 0 Å². The maximum atomic E-state index is 6.24. The largest absolute Gasteiger partial charge is 0.456 e. The summed E-state index contributed by atoms with van der Waals surface area (Å²) in [5, 5.41) is 13.2. The maximum Gasteiger partial charge on any atom is 0.136 e. The van der Waals surface area contributed by atoms with Gasteiger partial charge < -0.3 is 28.2 Å². The van der Waals surface area contributed by atoms with E-state index in [9.17, 15) is 0 Å². The van der Waals surface area contributed by atoms with E-state index in [2.05, 4.69) is 475 Å². The Hall–Kier alpha value is -16.8. The van der Waals surface area contributed by atoms with Crippen LogP contribution in [0.5, 0.6) is 0 Å². The molecule has 0 aliphatic carbocycles. The van der Waals surface area contributed by atoms with Crippen LogP contribution in [0, 0.1) is 0 Å². The van der Waals surface area contributed by atoms with Crippen LogP contribution in [-0.2, 0) is 6.42 Å². The summed E-state index contributed by atoms with van der Waals surface area (Å²) >= 11 is 0. The van der Waals surface area contributed by atoms with Gasteiger partial charge in [0.25, 0.3) is 0 Å². The number of para-hydroxylation sites is 6. The molecule has 20 aromatic carbocycles. The molecule has 0 aliphatic rings. The minimum atomic E-state index is 0. The predicted molar refractivity (Wildman–Crippen MR) is 547 cm³/mol. The molecule has 1 N–H and O–H groups in total. The van der Waals surface area contributed by atoms with Gasteiger partial charge in [0, 0.05) is 82.9 Å².